The van der Waals surface area contributed by atoms with E-state index in [2.05, 4.69) is 0 Å². The van der Waals surface area contributed by atoms with Gasteiger partial charge >= 0.3 is 11.9 Å². The molecule has 2 aromatic carbocycles. The Kier molecular flexibility index (Phi) is 11.0. The average Bonchev–Trinajstić information content (AvgIpc) is 2.93. The van der Waals surface area contributed by atoms with Crippen molar-refractivity contribution in [2.45, 2.75) is 52.7 Å². The number of benzene rings is 2. The van der Waals surface area contributed by atoms with E-state index in [-0.39, 0.29) is 28.7 Å². The second-order valence-corrected chi connectivity index (χ2v) is 12.9. The number of nitrogens with zero attached hydrogens (tertiary/aromatic N) is 2. The minimum absolute atomic E-state index is 0.00970. The maximum absolute atomic E-state index is 13.8. The van der Waals surface area contributed by atoms with Crippen molar-refractivity contribution in [3.05, 3.63) is 80.6 Å². The van der Waals surface area contributed by atoms with Crippen molar-refractivity contribution in [3.63, 3.8) is 0 Å². The summed E-state index contributed by atoms with van der Waals surface area (Å²) in [6, 6.07) is 10.7. The molecule has 3 rings (SSSR count). The number of hydrogen-bond acceptors (Lipinski definition) is 11. The standard InChI is InChI=1S/C29H32N2O10S2/c1-6-42-24-21(16(2)32)23(33)30(24)22(26(36)40-15-17-10-12-19(13-11-17)31(38)39)27(43-28(37)29(3,4)5)41-20-9-7-8-18(14-20)25(34)35/h7-14,16,21,24,32H,6,15H2,1-5H3,(H,34,35)/t16-,21+,24-/m1/s1. The van der Waals surface area contributed by atoms with Crippen molar-refractivity contribution < 1.29 is 43.8 Å². The monoisotopic (exact) mass is 632 g/mol. The predicted octanol–water partition coefficient (Wildman–Crippen LogP) is 4.81. The highest BCUT2D eigenvalue weighted by molar-refractivity contribution is 8.16. The smallest absolute Gasteiger partial charge is 0.359 e. The second-order valence-electron chi connectivity index (χ2n) is 10.5. The van der Waals surface area contributed by atoms with Gasteiger partial charge < -0.3 is 19.7 Å². The number of β-lactam (4-membered cyclic amide) rings is 1. The van der Waals surface area contributed by atoms with Crippen molar-refractivity contribution in [2.75, 3.05) is 5.75 Å². The largest absolute Gasteiger partial charge is 0.478 e. The number of ether oxygens (including phenoxy) is 2. The molecule has 0 unspecified atom stereocenters. The van der Waals surface area contributed by atoms with E-state index in [9.17, 15) is 39.5 Å². The van der Waals surface area contributed by atoms with Crippen LogP contribution in [0.4, 0.5) is 5.69 Å². The molecule has 0 aliphatic carbocycles. The molecule has 1 heterocycles. The number of amides is 1. The van der Waals surface area contributed by atoms with Crippen molar-refractivity contribution in [2.24, 2.45) is 11.3 Å². The number of thioether (sulfide) groups is 2. The highest BCUT2D eigenvalue weighted by Crippen LogP contribution is 2.43. The van der Waals surface area contributed by atoms with E-state index in [0.717, 1.165) is 4.90 Å². The van der Waals surface area contributed by atoms with Crippen LogP contribution in [0, 0.1) is 21.4 Å². The van der Waals surface area contributed by atoms with Gasteiger partial charge in [-0.3, -0.25) is 24.6 Å². The zero-order chi connectivity index (χ0) is 32.1. The molecule has 1 aliphatic rings. The lowest BCUT2D eigenvalue weighted by atomic mass is 9.92. The number of carbonyl (C=O) groups excluding carboxylic acids is 3. The maximum atomic E-state index is 13.8. The molecule has 12 nitrogen and oxygen atoms in total. The summed E-state index contributed by atoms with van der Waals surface area (Å²) in [6.45, 7) is 7.95. The number of rotatable bonds is 12. The first-order chi connectivity index (χ1) is 20.1. The first kappa shape index (κ1) is 33.6. The summed E-state index contributed by atoms with van der Waals surface area (Å²) >= 11 is 1.86. The first-order valence-corrected chi connectivity index (χ1v) is 15.0. The number of carbonyl (C=O) groups is 4. The van der Waals surface area contributed by atoms with Crippen LogP contribution in [-0.4, -0.2) is 60.2 Å². The van der Waals surface area contributed by atoms with Gasteiger partial charge in [-0.2, -0.15) is 0 Å². The van der Waals surface area contributed by atoms with E-state index in [4.69, 9.17) is 9.47 Å². The van der Waals surface area contributed by atoms with Crippen LogP contribution in [0.25, 0.3) is 0 Å². The van der Waals surface area contributed by atoms with E-state index < -0.39 is 56.4 Å². The summed E-state index contributed by atoms with van der Waals surface area (Å²) in [5.41, 5.74) is -1.14. The molecule has 1 aliphatic heterocycles. The van der Waals surface area contributed by atoms with E-state index in [1.54, 1.807) is 20.8 Å². The molecule has 2 N–H and O–H groups in total. The number of aliphatic hydroxyl groups is 1. The van der Waals surface area contributed by atoms with Crippen LogP contribution in [0.2, 0.25) is 0 Å². The van der Waals surface area contributed by atoms with Gasteiger partial charge in [0.15, 0.2) is 10.8 Å². The molecule has 1 saturated heterocycles. The molecule has 0 spiro atoms. The number of carboxylic acid groups (broad SMARTS) is 1. The Bertz CT molecular complexity index is 1430. The van der Waals surface area contributed by atoms with Gasteiger partial charge in [-0.1, -0.05) is 33.8 Å². The van der Waals surface area contributed by atoms with Gasteiger partial charge in [0.25, 0.3) is 5.69 Å². The lowest BCUT2D eigenvalue weighted by Gasteiger charge is -2.48. The molecular weight excluding hydrogens is 600 g/mol. The third kappa shape index (κ3) is 8.15. The van der Waals surface area contributed by atoms with E-state index in [1.807, 2.05) is 6.92 Å². The highest BCUT2D eigenvalue weighted by Gasteiger charge is 2.54. The third-order valence-corrected chi connectivity index (χ3v) is 8.61. The number of aromatic carboxylic acids is 1. The summed E-state index contributed by atoms with van der Waals surface area (Å²) in [5, 5.41) is 29.3. The first-order valence-electron chi connectivity index (χ1n) is 13.2. The summed E-state index contributed by atoms with van der Waals surface area (Å²) in [5.74, 6) is -3.18. The van der Waals surface area contributed by atoms with Crippen LogP contribution in [-0.2, 0) is 25.7 Å². The summed E-state index contributed by atoms with van der Waals surface area (Å²) in [6.07, 6.45) is -1.04. The third-order valence-electron chi connectivity index (χ3n) is 6.18. The van der Waals surface area contributed by atoms with Crippen molar-refractivity contribution >= 4 is 52.2 Å². The summed E-state index contributed by atoms with van der Waals surface area (Å²) < 4.78 is 11.5. The Morgan fingerprint density at radius 3 is 2.33 bits per heavy atom. The SMILES string of the molecule is CCS[C@@H]1[C@@H]([C@@H](C)O)C(=O)N1C(C(=O)OCc1ccc([N+](=O)[O-])cc1)=C(Oc1cccc(C(=O)O)c1)SC(=O)C(C)(C)C. The van der Waals surface area contributed by atoms with Crippen LogP contribution in [0.1, 0.15) is 50.5 Å². The molecule has 1 fully saturated rings. The van der Waals surface area contributed by atoms with Gasteiger partial charge in [0.1, 0.15) is 12.4 Å². The fourth-order valence-corrected chi connectivity index (χ4v) is 6.02. The van der Waals surface area contributed by atoms with Gasteiger partial charge in [0.05, 0.1) is 27.9 Å². The van der Waals surface area contributed by atoms with Crippen molar-refractivity contribution in [3.8, 4) is 5.75 Å². The molecule has 14 heteroatoms. The van der Waals surface area contributed by atoms with Gasteiger partial charge in [-0.05, 0) is 60.3 Å². The molecule has 2 aromatic rings. The number of esters is 1. The Balaban J connectivity index is 2.14. The number of hydrogen-bond donors (Lipinski definition) is 2. The van der Waals surface area contributed by atoms with Gasteiger partial charge in [0.2, 0.25) is 11.0 Å². The quantitative estimate of drug-likeness (QED) is 0.0818. The molecule has 0 aromatic heterocycles. The number of non-ortho nitro benzene ring substituents is 1. The van der Waals surface area contributed by atoms with Gasteiger partial charge in [-0.25, -0.2) is 9.59 Å². The molecule has 0 saturated carbocycles. The van der Waals surface area contributed by atoms with E-state index in [1.165, 1.54) is 67.2 Å². The second kappa shape index (κ2) is 14.1. The van der Waals surface area contributed by atoms with E-state index in [0.29, 0.717) is 23.1 Å². The molecule has 230 valence electrons. The number of aliphatic hydroxyl groups excluding tert-OH is 1. The Morgan fingerprint density at radius 2 is 1.79 bits per heavy atom. The van der Waals surface area contributed by atoms with Crippen LogP contribution < -0.4 is 4.74 Å². The summed E-state index contributed by atoms with van der Waals surface area (Å²) in [7, 11) is 0. The predicted molar refractivity (Wildman–Crippen MR) is 160 cm³/mol. The van der Waals surface area contributed by atoms with Gasteiger partial charge in [-0.15, -0.1) is 11.8 Å². The minimum Gasteiger partial charge on any atom is -0.478 e. The average molecular weight is 633 g/mol. The van der Waals surface area contributed by atoms with Crippen LogP contribution >= 0.6 is 23.5 Å². The lowest BCUT2D eigenvalue weighted by molar-refractivity contribution is -0.384. The minimum atomic E-state index is -1.23. The Morgan fingerprint density at radius 1 is 1.14 bits per heavy atom. The number of nitro benzene ring substituents is 1. The molecule has 0 bridgehead atoms. The number of likely N-dealkylation sites (tertiary alicyclic amines) is 1. The van der Waals surface area contributed by atoms with Crippen molar-refractivity contribution in [1.82, 2.24) is 4.90 Å². The fourth-order valence-electron chi connectivity index (χ4n) is 3.88. The highest BCUT2D eigenvalue weighted by atomic mass is 32.2. The Labute approximate surface area is 256 Å². The van der Waals surface area contributed by atoms with Crippen molar-refractivity contribution in [1.29, 1.82) is 0 Å². The lowest BCUT2D eigenvalue weighted by Crippen LogP contribution is -2.63. The van der Waals surface area contributed by atoms with Crippen LogP contribution in [0.5, 0.6) is 5.75 Å². The zero-order valence-corrected chi connectivity index (χ0v) is 25.8. The molecule has 43 heavy (non-hydrogen) atoms. The zero-order valence-electron chi connectivity index (χ0n) is 24.1. The molecular formula is C29H32N2O10S2. The van der Waals surface area contributed by atoms with Crippen LogP contribution in [0.15, 0.2) is 59.3 Å². The van der Waals surface area contributed by atoms with Gasteiger partial charge in [0, 0.05) is 17.5 Å². The summed E-state index contributed by atoms with van der Waals surface area (Å²) in [4.78, 5) is 63.5. The number of nitro groups is 1. The maximum Gasteiger partial charge on any atom is 0.359 e. The fraction of sp³-hybridized carbons (Fsp3) is 0.379. The molecule has 0 radical (unpaired) electrons. The Hall–Kier alpha value is -3.88. The topological polar surface area (TPSA) is 174 Å². The van der Waals surface area contributed by atoms with Crippen LogP contribution in [0.3, 0.4) is 0 Å². The molecule has 3 atom stereocenters. The number of carboxylic acids is 1. The van der Waals surface area contributed by atoms with E-state index >= 15 is 0 Å². The normalized spacial score (nSPS) is 17.8. The molecule has 1 amide bonds.